The van der Waals surface area contributed by atoms with Gasteiger partial charge in [-0.05, 0) is 42.9 Å². The van der Waals surface area contributed by atoms with Crippen molar-refractivity contribution in [3.05, 3.63) is 28.9 Å². The van der Waals surface area contributed by atoms with Crippen molar-refractivity contribution < 1.29 is 9.90 Å². The molecule has 1 unspecified atom stereocenters. The van der Waals surface area contributed by atoms with Gasteiger partial charge in [0.05, 0.1) is 15.1 Å². The van der Waals surface area contributed by atoms with Gasteiger partial charge in [-0.15, -0.1) is 0 Å². The van der Waals surface area contributed by atoms with E-state index in [1.54, 1.807) is 12.3 Å². The van der Waals surface area contributed by atoms with Gasteiger partial charge in [0, 0.05) is 25.4 Å². The van der Waals surface area contributed by atoms with Gasteiger partial charge in [-0.25, -0.2) is 9.78 Å². The summed E-state index contributed by atoms with van der Waals surface area (Å²) in [5, 5.41) is 12.6. The molecule has 1 saturated carbocycles. The van der Waals surface area contributed by atoms with Crippen LogP contribution in [0.25, 0.3) is 6.08 Å². The first kappa shape index (κ1) is 17.9. The molecule has 1 aliphatic heterocycles. The molecule has 1 aromatic rings. The van der Waals surface area contributed by atoms with Crippen molar-refractivity contribution in [2.45, 2.75) is 35.8 Å². The maximum atomic E-state index is 10.6. The van der Waals surface area contributed by atoms with E-state index in [9.17, 15) is 4.79 Å². The molecule has 130 valence electrons. The van der Waals surface area contributed by atoms with Crippen LogP contribution in [0.4, 0.5) is 5.82 Å². The van der Waals surface area contributed by atoms with Crippen LogP contribution >= 0.6 is 34.2 Å². The van der Waals surface area contributed by atoms with Gasteiger partial charge < -0.3 is 10.4 Å². The van der Waals surface area contributed by atoms with E-state index < -0.39 is 5.97 Å². The molecule has 24 heavy (non-hydrogen) atoms. The molecule has 1 aliphatic carbocycles. The molecule has 0 spiro atoms. The van der Waals surface area contributed by atoms with Crippen LogP contribution in [0, 0.1) is 5.92 Å². The number of pyridine rings is 1. The highest BCUT2D eigenvalue weighted by atomic mass is 127. The zero-order valence-electron chi connectivity index (χ0n) is 13.3. The first-order valence-corrected chi connectivity index (χ1v) is 9.86. The highest BCUT2D eigenvalue weighted by Gasteiger charge is 2.34. The molecular weight excluding hydrogens is 441 g/mol. The standard InChI is InChI=1S/C17H21ClIN3O2/c18-13-8-12(4-5-15(23)24)9-20-17(13)21-14-6-7-22(16(14)19)10-11-2-1-3-11/h4-5,8-9,11,14,16H,1-3,6-7,10H2,(H,20,21)(H,23,24)/t14-,16?/m1/s1. The number of nitrogens with zero attached hydrogens (tertiary/aromatic N) is 2. The summed E-state index contributed by atoms with van der Waals surface area (Å²) in [7, 11) is 0. The number of aliphatic carboxylic acids is 1. The van der Waals surface area contributed by atoms with Crippen LogP contribution < -0.4 is 5.32 Å². The van der Waals surface area contributed by atoms with Gasteiger partial charge in [0.2, 0.25) is 0 Å². The fraction of sp³-hybridized carbons (Fsp3) is 0.529. The second kappa shape index (κ2) is 8.01. The molecule has 0 bridgehead atoms. The summed E-state index contributed by atoms with van der Waals surface area (Å²) >= 11 is 8.81. The van der Waals surface area contributed by atoms with Crippen LogP contribution in [0.3, 0.4) is 0 Å². The van der Waals surface area contributed by atoms with Gasteiger partial charge >= 0.3 is 5.97 Å². The molecule has 0 amide bonds. The molecule has 2 heterocycles. The molecule has 7 heteroatoms. The van der Waals surface area contributed by atoms with E-state index in [0.717, 1.165) is 25.0 Å². The molecule has 5 nitrogen and oxygen atoms in total. The van der Waals surface area contributed by atoms with Crippen LogP contribution in [0.1, 0.15) is 31.2 Å². The summed E-state index contributed by atoms with van der Waals surface area (Å²) < 4.78 is 0.438. The molecule has 1 saturated heterocycles. The number of hydrogen-bond acceptors (Lipinski definition) is 4. The maximum Gasteiger partial charge on any atom is 0.328 e. The van der Waals surface area contributed by atoms with E-state index in [2.05, 4.69) is 37.8 Å². The molecule has 2 atom stereocenters. The number of carbonyl (C=O) groups is 1. The third-order valence-electron chi connectivity index (χ3n) is 4.73. The summed E-state index contributed by atoms with van der Waals surface area (Å²) in [5.41, 5.74) is 0.678. The minimum atomic E-state index is -0.987. The Morgan fingerprint density at radius 2 is 2.29 bits per heavy atom. The van der Waals surface area contributed by atoms with E-state index in [1.165, 1.54) is 31.9 Å². The minimum Gasteiger partial charge on any atom is -0.478 e. The number of carboxylic acid groups (broad SMARTS) is 1. The number of anilines is 1. The number of hydrogen-bond donors (Lipinski definition) is 2. The maximum absolute atomic E-state index is 10.6. The van der Waals surface area contributed by atoms with E-state index >= 15 is 0 Å². The summed E-state index contributed by atoms with van der Waals surface area (Å²) in [6.45, 7) is 2.31. The number of carboxylic acids is 1. The Kier molecular flexibility index (Phi) is 5.99. The number of halogens is 2. The number of likely N-dealkylation sites (tertiary alicyclic amines) is 1. The average Bonchev–Trinajstić information content (AvgIpc) is 2.84. The monoisotopic (exact) mass is 461 g/mol. The summed E-state index contributed by atoms with van der Waals surface area (Å²) in [4.78, 5) is 17.5. The lowest BCUT2D eigenvalue weighted by Crippen LogP contribution is -2.38. The lowest BCUT2D eigenvalue weighted by atomic mass is 9.85. The van der Waals surface area contributed by atoms with Crippen LogP contribution in [-0.2, 0) is 4.79 Å². The summed E-state index contributed by atoms with van der Waals surface area (Å²) in [6, 6.07) is 2.07. The number of nitrogens with one attached hydrogen (secondary N) is 1. The molecule has 2 aliphatic rings. The molecular formula is C17H21ClIN3O2. The van der Waals surface area contributed by atoms with Crippen molar-refractivity contribution in [1.82, 2.24) is 9.88 Å². The van der Waals surface area contributed by atoms with Crippen LogP contribution in [-0.4, -0.2) is 44.1 Å². The van der Waals surface area contributed by atoms with Gasteiger partial charge in [0.15, 0.2) is 0 Å². The third-order valence-corrected chi connectivity index (χ3v) is 6.67. The Labute approximate surface area is 160 Å². The van der Waals surface area contributed by atoms with E-state index in [0.29, 0.717) is 26.5 Å². The Hall–Kier alpha value is -0.860. The molecule has 0 radical (unpaired) electrons. The molecule has 1 aromatic heterocycles. The molecule has 2 fully saturated rings. The van der Waals surface area contributed by atoms with Crippen molar-refractivity contribution in [1.29, 1.82) is 0 Å². The molecule has 3 rings (SSSR count). The SMILES string of the molecule is O=C(O)C=Cc1cnc(N[C@@H]2CCN(CC3CCC3)C2I)c(Cl)c1. The first-order chi connectivity index (χ1) is 11.5. The summed E-state index contributed by atoms with van der Waals surface area (Å²) in [6.07, 6.45) is 9.41. The van der Waals surface area contributed by atoms with Crippen molar-refractivity contribution in [3.63, 3.8) is 0 Å². The highest BCUT2D eigenvalue weighted by molar-refractivity contribution is 14.1. The lowest BCUT2D eigenvalue weighted by Gasteiger charge is -2.32. The predicted molar refractivity (Wildman–Crippen MR) is 105 cm³/mol. The highest BCUT2D eigenvalue weighted by Crippen LogP contribution is 2.33. The number of rotatable bonds is 6. The zero-order chi connectivity index (χ0) is 17.1. The van der Waals surface area contributed by atoms with Crippen molar-refractivity contribution >= 4 is 52.1 Å². The van der Waals surface area contributed by atoms with Crippen LogP contribution in [0.2, 0.25) is 5.02 Å². The van der Waals surface area contributed by atoms with Gasteiger partial charge in [0.1, 0.15) is 5.82 Å². The normalized spacial score (nSPS) is 25.1. The fourth-order valence-corrected chi connectivity index (χ4v) is 4.43. The van der Waals surface area contributed by atoms with E-state index in [-0.39, 0.29) is 0 Å². The topological polar surface area (TPSA) is 65.5 Å². The van der Waals surface area contributed by atoms with Crippen LogP contribution in [0.15, 0.2) is 18.3 Å². The van der Waals surface area contributed by atoms with Gasteiger partial charge in [-0.2, -0.15) is 0 Å². The minimum absolute atomic E-state index is 0.330. The smallest absolute Gasteiger partial charge is 0.328 e. The first-order valence-electron chi connectivity index (χ1n) is 8.24. The van der Waals surface area contributed by atoms with Crippen LogP contribution in [0.5, 0.6) is 0 Å². The number of alkyl halides is 1. The van der Waals surface area contributed by atoms with Crippen molar-refractivity contribution in [2.75, 3.05) is 18.4 Å². The van der Waals surface area contributed by atoms with Gasteiger partial charge in [-0.1, -0.05) is 40.6 Å². The largest absolute Gasteiger partial charge is 0.478 e. The second-order valence-corrected chi connectivity index (χ2v) is 8.16. The van der Waals surface area contributed by atoms with Gasteiger partial charge in [-0.3, -0.25) is 4.90 Å². The van der Waals surface area contributed by atoms with Crippen molar-refractivity contribution in [2.24, 2.45) is 5.92 Å². The van der Waals surface area contributed by atoms with Gasteiger partial charge in [0.25, 0.3) is 0 Å². The molecule has 0 aromatic carbocycles. The Morgan fingerprint density at radius 1 is 1.50 bits per heavy atom. The lowest BCUT2D eigenvalue weighted by molar-refractivity contribution is -0.131. The van der Waals surface area contributed by atoms with E-state index in [4.69, 9.17) is 16.7 Å². The fourth-order valence-electron chi connectivity index (χ4n) is 3.15. The third kappa shape index (κ3) is 4.40. The van der Waals surface area contributed by atoms with Crippen molar-refractivity contribution in [3.8, 4) is 0 Å². The average molecular weight is 462 g/mol. The number of aromatic nitrogens is 1. The second-order valence-electron chi connectivity index (χ2n) is 6.47. The Bertz CT molecular complexity index is 636. The summed E-state index contributed by atoms with van der Waals surface area (Å²) in [5.74, 6) is 0.558. The van der Waals surface area contributed by atoms with E-state index in [1.807, 2.05) is 0 Å². The molecule has 2 N–H and O–H groups in total. The Balaban J connectivity index is 1.60. The zero-order valence-corrected chi connectivity index (χ0v) is 16.2. The quantitative estimate of drug-likeness (QED) is 0.291. The Morgan fingerprint density at radius 3 is 2.92 bits per heavy atom. The predicted octanol–water partition coefficient (Wildman–Crippen LogP) is 3.88.